The van der Waals surface area contributed by atoms with Crippen LogP contribution < -0.4 is 10.9 Å². The SMILES string of the molecule is COC[C@@H](C)n1c(S[C@H](C)C(=O)Nc2ccc(Cl)c(C(F)(F)F)c2)nc2ccccc2c1=O. The Morgan fingerprint density at radius 1 is 1.24 bits per heavy atom. The van der Waals surface area contributed by atoms with E-state index in [0.717, 1.165) is 23.9 Å². The molecule has 176 valence electrons. The van der Waals surface area contributed by atoms with Gasteiger partial charge in [0.15, 0.2) is 5.16 Å². The van der Waals surface area contributed by atoms with Crippen LogP contribution in [0.1, 0.15) is 25.5 Å². The molecule has 1 N–H and O–H groups in total. The van der Waals surface area contributed by atoms with Crippen molar-refractivity contribution in [1.82, 2.24) is 9.55 Å². The summed E-state index contributed by atoms with van der Waals surface area (Å²) >= 11 is 6.66. The number of anilines is 1. The number of amides is 1. The van der Waals surface area contributed by atoms with Crippen LogP contribution in [-0.4, -0.2) is 34.4 Å². The minimum absolute atomic E-state index is 0.0409. The molecule has 6 nitrogen and oxygen atoms in total. The van der Waals surface area contributed by atoms with Gasteiger partial charge in [-0.05, 0) is 44.2 Å². The van der Waals surface area contributed by atoms with E-state index in [1.165, 1.54) is 17.7 Å². The van der Waals surface area contributed by atoms with Crippen molar-refractivity contribution in [1.29, 1.82) is 0 Å². The van der Waals surface area contributed by atoms with Crippen LogP contribution in [0.2, 0.25) is 5.02 Å². The lowest BCUT2D eigenvalue weighted by Gasteiger charge is -2.20. The predicted octanol–water partition coefficient (Wildman–Crippen LogP) is 5.40. The molecule has 0 radical (unpaired) electrons. The van der Waals surface area contributed by atoms with Crippen LogP contribution in [0.15, 0.2) is 52.4 Å². The van der Waals surface area contributed by atoms with E-state index in [1.807, 2.05) is 0 Å². The zero-order chi connectivity index (χ0) is 24.3. The summed E-state index contributed by atoms with van der Waals surface area (Å²) in [5.41, 5.74) is -0.875. The van der Waals surface area contributed by atoms with Crippen molar-refractivity contribution < 1.29 is 22.7 Å². The number of alkyl halides is 3. The highest BCUT2D eigenvalue weighted by atomic mass is 35.5. The number of fused-ring (bicyclic) bond motifs is 1. The fraction of sp³-hybridized carbons (Fsp3) is 0.318. The molecule has 3 aromatic rings. The summed E-state index contributed by atoms with van der Waals surface area (Å²) in [6.07, 6.45) is -4.65. The van der Waals surface area contributed by atoms with E-state index in [9.17, 15) is 22.8 Å². The second-order valence-electron chi connectivity index (χ2n) is 7.33. The lowest BCUT2D eigenvalue weighted by molar-refractivity contribution is -0.137. The molecular formula is C22H21ClF3N3O3S. The number of para-hydroxylation sites is 1. The largest absolute Gasteiger partial charge is 0.417 e. The normalized spacial score (nSPS) is 13.7. The van der Waals surface area contributed by atoms with Crippen molar-refractivity contribution >= 4 is 45.9 Å². The lowest BCUT2D eigenvalue weighted by Crippen LogP contribution is -2.30. The predicted molar refractivity (Wildman–Crippen MR) is 123 cm³/mol. The Balaban J connectivity index is 1.90. The standard InChI is InChI=1S/C22H21ClF3N3O3S/c1-12(11-32-3)29-20(31)15-6-4-5-7-18(15)28-21(29)33-13(2)19(30)27-14-8-9-17(23)16(10-14)22(24,25)26/h4-10,12-13H,11H2,1-3H3,(H,27,30)/t12-,13-/m1/s1. The molecule has 0 saturated carbocycles. The quantitative estimate of drug-likeness (QED) is 0.348. The maximum absolute atomic E-state index is 13.1. The van der Waals surface area contributed by atoms with Gasteiger partial charge in [-0.2, -0.15) is 13.2 Å². The third kappa shape index (κ3) is 5.69. The Kier molecular flexibility index (Phi) is 7.71. The van der Waals surface area contributed by atoms with E-state index in [-0.39, 0.29) is 23.9 Å². The summed E-state index contributed by atoms with van der Waals surface area (Å²) in [5, 5.41) is 1.97. The fourth-order valence-corrected chi connectivity index (χ4v) is 4.42. The summed E-state index contributed by atoms with van der Waals surface area (Å²) in [6, 6.07) is 9.64. The number of hydrogen-bond donors (Lipinski definition) is 1. The van der Waals surface area contributed by atoms with E-state index >= 15 is 0 Å². The van der Waals surface area contributed by atoms with Gasteiger partial charge in [-0.1, -0.05) is 35.5 Å². The molecule has 3 rings (SSSR count). The smallest absolute Gasteiger partial charge is 0.383 e. The number of ether oxygens (including phenoxy) is 1. The molecule has 2 atom stereocenters. The van der Waals surface area contributed by atoms with Crippen LogP contribution in [0.5, 0.6) is 0 Å². The van der Waals surface area contributed by atoms with Crippen molar-refractivity contribution in [3.05, 3.63) is 63.4 Å². The molecule has 1 aromatic heterocycles. The lowest BCUT2D eigenvalue weighted by atomic mass is 10.2. The van der Waals surface area contributed by atoms with Crippen molar-refractivity contribution in [2.24, 2.45) is 0 Å². The van der Waals surface area contributed by atoms with Gasteiger partial charge in [0, 0.05) is 12.8 Å². The van der Waals surface area contributed by atoms with Gasteiger partial charge in [0.2, 0.25) is 5.91 Å². The summed E-state index contributed by atoms with van der Waals surface area (Å²) in [5.74, 6) is -0.552. The first-order valence-electron chi connectivity index (χ1n) is 9.87. The third-order valence-electron chi connectivity index (χ3n) is 4.81. The Hall–Kier alpha value is -2.56. The summed E-state index contributed by atoms with van der Waals surface area (Å²) in [6.45, 7) is 3.62. The van der Waals surface area contributed by atoms with Crippen LogP contribution in [0.25, 0.3) is 10.9 Å². The first-order valence-corrected chi connectivity index (χ1v) is 11.1. The van der Waals surface area contributed by atoms with Crippen molar-refractivity contribution in [2.45, 2.75) is 36.5 Å². The van der Waals surface area contributed by atoms with Crippen molar-refractivity contribution in [3.63, 3.8) is 0 Å². The highest BCUT2D eigenvalue weighted by Gasteiger charge is 2.33. The molecule has 33 heavy (non-hydrogen) atoms. The minimum Gasteiger partial charge on any atom is -0.383 e. The van der Waals surface area contributed by atoms with E-state index in [0.29, 0.717) is 16.1 Å². The zero-order valence-electron chi connectivity index (χ0n) is 17.9. The molecular weight excluding hydrogens is 479 g/mol. The Labute approximate surface area is 197 Å². The molecule has 11 heteroatoms. The van der Waals surface area contributed by atoms with Gasteiger partial charge in [0.05, 0.1) is 39.4 Å². The van der Waals surface area contributed by atoms with Crippen LogP contribution in [0.3, 0.4) is 0 Å². The molecule has 2 aromatic carbocycles. The summed E-state index contributed by atoms with van der Waals surface area (Å²) in [7, 11) is 1.51. The van der Waals surface area contributed by atoms with E-state index in [2.05, 4.69) is 10.3 Å². The molecule has 0 aliphatic heterocycles. The average Bonchev–Trinajstić information content (AvgIpc) is 2.74. The number of rotatable bonds is 7. The number of carbonyl (C=O) groups is 1. The number of nitrogens with zero attached hydrogens (tertiary/aromatic N) is 2. The maximum Gasteiger partial charge on any atom is 0.417 e. The average molecular weight is 500 g/mol. The van der Waals surface area contributed by atoms with Gasteiger partial charge in [-0.25, -0.2) is 4.98 Å². The molecule has 0 bridgehead atoms. The van der Waals surface area contributed by atoms with Crippen LogP contribution in [-0.2, 0) is 15.7 Å². The Morgan fingerprint density at radius 2 is 1.94 bits per heavy atom. The Morgan fingerprint density at radius 3 is 2.61 bits per heavy atom. The first kappa shape index (κ1) is 25.1. The molecule has 0 spiro atoms. The van der Waals surface area contributed by atoms with Gasteiger partial charge >= 0.3 is 6.18 Å². The number of carbonyl (C=O) groups excluding carboxylic acids is 1. The minimum atomic E-state index is -4.65. The molecule has 0 saturated heterocycles. The number of halogens is 4. The van der Waals surface area contributed by atoms with Crippen LogP contribution in [0.4, 0.5) is 18.9 Å². The number of nitrogens with one attached hydrogen (secondary N) is 1. The van der Waals surface area contributed by atoms with Crippen molar-refractivity contribution in [3.8, 4) is 0 Å². The third-order valence-corrected chi connectivity index (χ3v) is 6.21. The number of aromatic nitrogens is 2. The monoisotopic (exact) mass is 499 g/mol. The van der Waals surface area contributed by atoms with Gasteiger partial charge < -0.3 is 10.1 Å². The van der Waals surface area contributed by atoms with E-state index in [4.69, 9.17) is 16.3 Å². The Bertz CT molecular complexity index is 1230. The van der Waals surface area contributed by atoms with Gasteiger partial charge in [-0.15, -0.1) is 0 Å². The zero-order valence-corrected chi connectivity index (χ0v) is 19.5. The summed E-state index contributed by atoms with van der Waals surface area (Å²) < 4.78 is 46.0. The van der Waals surface area contributed by atoms with Gasteiger partial charge in [0.25, 0.3) is 5.56 Å². The number of thioether (sulfide) groups is 1. The number of benzene rings is 2. The van der Waals surface area contributed by atoms with Gasteiger partial charge in [-0.3, -0.25) is 14.2 Å². The second-order valence-corrected chi connectivity index (χ2v) is 9.05. The maximum atomic E-state index is 13.1. The highest BCUT2D eigenvalue weighted by Crippen LogP contribution is 2.36. The van der Waals surface area contributed by atoms with Crippen LogP contribution >= 0.6 is 23.4 Å². The molecule has 0 aliphatic carbocycles. The molecule has 0 unspecified atom stereocenters. The fourth-order valence-electron chi connectivity index (χ4n) is 3.19. The molecule has 1 amide bonds. The highest BCUT2D eigenvalue weighted by molar-refractivity contribution is 8.00. The van der Waals surface area contributed by atoms with Crippen molar-refractivity contribution in [2.75, 3.05) is 19.0 Å². The topological polar surface area (TPSA) is 73.2 Å². The van der Waals surface area contributed by atoms with Gasteiger partial charge in [0.1, 0.15) is 0 Å². The molecule has 0 aliphatic rings. The first-order chi connectivity index (χ1) is 15.5. The number of methoxy groups -OCH3 is 1. The van der Waals surface area contributed by atoms with Crippen LogP contribution in [0, 0.1) is 0 Å². The van der Waals surface area contributed by atoms with E-state index in [1.54, 1.807) is 38.1 Å². The number of hydrogen-bond acceptors (Lipinski definition) is 5. The second kappa shape index (κ2) is 10.1. The molecule has 0 fully saturated rings. The molecule has 1 heterocycles. The summed E-state index contributed by atoms with van der Waals surface area (Å²) in [4.78, 5) is 30.4. The van der Waals surface area contributed by atoms with E-state index < -0.39 is 27.9 Å².